The zero-order valence-electron chi connectivity index (χ0n) is 25.0. The Hall–Kier alpha value is -3.12. The van der Waals surface area contributed by atoms with Gasteiger partial charge in [0.1, 0.15) is 0 Å². The molecule has 0 saturated heterocycles. The Morgan fingerprint density at radius 3 is 2.26 bits per heavy atom. The number of benzene rings is 2. The molecule has 0 aromatic heterocycles. The van der Waals surface area contributed by atoms with Crippen LogP contribution in [0.5, 0.6) is 0 Å². The van der Waals surface area contributed by atoms with Gasteiger partial charge in [0.05, 0.1) is 0 Å². The molecule has 2 aromatic rings. The van der Waals surface area contributed by atoms with E-state index in [2.05, 4.69) is 115 Å². The number of hydrogen-bond donors (Lipinski definition) is 0. The summed E-state index contributed by atoms with van der Waals surface area (Å²) in [4.78, 5) is 0. The molecule has 1 saturated carbocycles. The van der Waals surface area contributed by atoms with Crippen LogP contribution >= 0.6 is 0 Å². The van der Waals surface area contributed by atoms with E-state index in [1.807, 2.05) is 0 Å². The Balaban J connectivity index is 1.53. The third-order valence-electron chi connectivity index (χ3n) is 9.65. The lowest BCUT2D eigenvalue weighted by atomic mass is 9.62. The van der Waals surface area contributed by atoms with Crippen molar-refractivity contribution in [2.24, 2.45) is 17.8 Å². The molecule has 0 nitrogen and oxygen atoms in total. The predicted molar refractivity (Wildman–Crippen MR) is 169 cm³/mol. The number of aryl methyl sites for hydroxylation is 2. The minimum Gasteiger partial charge on any atom is -0.0995 e. The van der Waals surface area contributed by atoms with E-state index in [-0.39, 0.29) is 0 Å². The maximum atomic E-state index is 4.79. The molecule has 0 radical (unpaired) electrons. The zero-order chi connectivity index (χ0) is 27.8. The monoisotopic (exact) mass is 514 g/mol. The van der Waals surface area contributed by atoms with E-state index in [4.69, 9.17) is 6.58 Å². The molecule has 0 N–H and O–H groups in total. The lowest BCUT2D eigenvalue weighted by molar-refractivity contribution is 0.322. The minimum absolute atomic E-state index is 0.360. The molecule has 0 spiro atoms. The molecule has 1 fully saturated rings. The summed E-state index contributed by atoms with van der Waals surface area (Å²) in [5, 5.41) is 0. The summed E-state index contributed by atoms with van der Waals surface area (Å²) in [7, 11) is 0. The van der Waals surface area contributed by atoms with Gasteiger partial charge in [-0.15, -0.1) is 0 Å². The van der Waals surface area contributed by atoms with Crippen molar-refractivity contribution in [2.45, 2.75) is 79.1 Å². The highest BCUT2D eigenvalue weighted by atomic mass is 14.5. The highest BCUT2D eigenvalue weighted by Gasteiger charge is 2.45. The molecule has 3 aliphatic carbocycles. The van der Waals surface area contributed by atoms with E-state index in [1.54, 1.807) is 5.57 Å². The molecule has 3 aliphatic rings. The first-order valence-electron chi connectivity index (χ1n) is 15.1. The summed E-state index contributed by atoms with van der Waals surface area (Å²) in [5.74, 6) is 2.07. The van der Waals surface area contributed by atoms with Gasteiger partial charge >= 0.3 is 0 Å². The third-order valence-corrected chi connectivity index (χ3v) is 9.65. The van der Waals surface area contributed by atoms with E-state index in [0.29, 0.717) is 29.6 Å². The van der Waals surface area contributed by atoms with Crippen LogP contribution in [0.4, 0.5) is 0 Å². The van der Waals surface area contributed by atoms with E-state index >= 15 is 0 Å². The third kappa shape index (κ3) is 5.11. The molecule has 0 amide bonds. The lowest BCUT2D eigenvalue weighted by Gasteiger charge is -2.41. The first-order valence-corrected chi connectivity index (χ1v) is 15.1. The van der Waals surface area contributed by atoms with Crippen LogP contribution in [0.15, 0.2) is 119 Å². The van der Waals surface area contributed by atoms with Gasteiger partial charge in [-0.3, -0.25) is 0 Å². The quantitative estimate of drug-likeness (QED) is 0.322. The summed E-state index contributed by atoms with van der Waals surface area (Å²) in [6, 6.07) is 18.5. The van der Waals surface area contributed by atoms with Crippen LogP contribution in [0.2, 0.25) is 0 Å². The van der Waals surface area contributed by atoms with Gasteiger partial charge in [-0.2, -0.15) is 0 Å². The average molecular weight is 515 g/mol. The smallest absolute Gasteiger partial charge is 0.0264 e. The molecule has 0 heteroatoms. The molecule has 2 aromatic carbocycles. The van der Waals surface area contributed by atoms with Gasteiger partial charge in [-0.1, -0.05) is 135 Å². The van der Waals surface area contributed by atoms with E-state index in [9.17, 15) is 0 Å². The molecule has 5 rings (SSSR count). The summed E-state index contributed by atoms with van der Waals surface area (Å²) in [5.41, 5.74) is 15.5. The SMILES string of the molecule is C=C1C(=CC2=C(C)C(c3ccc(C)cc3)C(C)=C2)CC2=CC(C)C(C(=C)CCC)C(c3ccc(CC)cc3)C12. The molecule has 5 unspecified atom stereocenters. The average Bonchev–Trinajstić information content (AvgIpc) is 3.38. The highest BCUT2D eigenvalue weighted by Crippen LogP contribution is 2.57. The van der Waals surface area contributed by atoms with Crippen molar-refractivity contribution >= 4 is 0 Å². The maximum absolute atomic E-state index is 4.79. The number of allylic oxidation sites excluding steroid dienone is 10. The van der Waals surface area contributed by atoms with Crippen LogP contribution in [-0.4, -0.2) is 0 Å². The van der Waals surface area contributed by atoms with Crippen LogP contribution < -0.4 is 0 Å². The van der Waals surface area contributed by atoms with Gasteiger partial charge < -0.3 is 0 Å². The second kappa shape index (κ2) is 11.2. The van der Waals surface area contributed by atoms with Gasteiger partial charge in [-0.05, 0) is 85.3 Å². The largest absolute Gasteiger partial charge is 0.0995 e. The zero-order valence-corrected chi connectivity index (χ0v) is 25.0. The molecular weight excluding hydrogens is 468 g/mol. The normalized spacial score (nSPS) is 27.6. The topological polar surface area (TPSA) is 0 Å². The fourth-order valence-corrected chi connectivity index (χ4v) is 7.65. The van der Waals surface area contributed by atoms with Crippen LogP contribution in [0.3, 0.4) is 0 Å². The standard InChI is InChI=1S/C39H46/c1-9-11-25(4)36-26(5)21-35-23-34(29(8)38(35)39(36)32-18-14-30(10-2)15-19-32)22-33-20-27(6)37(28(33)7)31-16-12-24(3)13-17-31/h12-22,26,36-39H,4,8-11,23H2,1-3,5-7H3. The summed E-state index contributed by atoms with van der Waals surface area (Å²) in [6.45, 7) is 23.1. The van der Waals surface area contributed by atoms with Crippen molar-refractivity contribution in [2.75, 3.05) is 0 Å². The highest BCUT2D eigenvalue weighted by molar-refractivity contribution is 5.59. The Bertz CT molecular complexity index is 1380. The van der Waals surface area contributed by atoms with Crippen LogP contribution in [0, 0.1) is 24.7 Å². The Morgan fingerprint density at radius 2 is 1.62 bits per heavy atom. The van der Waals surface area contributed by atoms with Crippen molar-refractivity contribution in [3.8, 4) is 0 Å². The van der Waals surface area contributed by atoms with E-state index in [1.165, 1.54) is 55.7 Å². The Kier molecular flexibility index (Phi) is 7.86. The molecule has 0 aliphatic heterocycles. The molecule has 202 valence electrons. The second-order valence-corrected chi connectivity index (χ2v) is 12.4. The molecular formula is C39H46. The van der Waals surface area contributed by atoms with Crippen molar-refractivity contribution in [1.82, 2.24) is 0 Å². The van der Waals surface area contributed by atoms with Crippen molar-refractivity contribution < 1.29 is 0 Å². The molecule has 0 heterocycles. The van der Waals surface area contributed by atoms with Crippen molar-refractivity contribution in [1.29, 1.82) is 0 Å². The van der Waals surface area contributed by atoms with Gasteiger partial charge in [0.2, 0.25) is 0 Å². The first-order chi connectivity index (χ1) is 18.7. The molecule has 5 atom stereocenters. The van der Waals surface area contributed by atoms with Gasteiger partial charge in [0.25, 0.3) is 0 Å². The maximum Gasteiger partial charge on any atom is 0.0264 e. The van der Waals surface area contributed by atoms with Crippen molar-refractivity contribution in [3.63, 3.8) is 0 Å². The van der Waals surface area contributed by atoms with Crippen molar-refractivity contribution in [3.05, 3.63) is 141 Å². The summed E-state index contributed by atoms with van der Waals surface area (Å²) in [6.07, 6.45) is 11.8. The Morgan fingerprint density at radius 1 is 0.949 bits per heavy atom. The van der Waals surface area contributed by atoms with Gasteiger partial charge in [-0.25, -0.2) is 0 Å². The lowest BCUT2D eigenvalue weighted by Crippen LogP contribution is -2.31. The number of hydrogen-bond acceptors (Lipinski definition) is 0. The van der Waals surface area contributed by atoms with Crippen LogP contribution in [0.1, 0.15) is 88.0 Å². The van der Waals surface area contributed by atoms with E-state index in [0.717, 1.165) is 25.7 Å². The number of rotatable bonds is 7. The molecule has 0 bridgehead atoms. The van der Waals surface area contributed by atoms with Gasteiger partial charge in [0.15, 0.2) is 0 Å². The second-order valence-electron chi connectivity index (χ2n) is 12.4. The summed E-state index contributed by atoms with van der Waals surface area (Å²) >= 11 is 0. The fraction of sp³-hybridized carbons (Fsp3) is 0.385. The van der Waals surface area contributed by atoms with E-state index < -0.39 is 0 Å². The fourth-order valence-electron chi connectivity index (χ4n) is 7.65. The minimum atomic E-state index is 0.360. The predicted octanol–water partition coefficient (Wildman–Crippen LogP) is 10.8. The van der Waals surface area contributed by atoms with Crippen LogP contribution in [0.25, 0.3) is 0 Å². The molecule has 39 heavy (non-hydrogen) atoms. The van der Waals surface area contributed by atoms with Gasteiger partial charge in [0, 0.05) is 17.8 Å². The summed E-state index contributed by atoms with van der Waals surface area (Å²) < 4.78 is 0. The Labute approximate surface area is 237 Å². The number of fused-ring (bicyclic) bond motifs is 1. The van der Waals surface area contributed by atoms with Crippen LogP contribution in [-0.2, 0) is 6.42 Å². The first kappa shape index (κ1) is 27.4.